The van der Waals surface area contributed by atoms with Crippen LogP contribution in [-0.2, 0) is 4.79 Å². The van der Waals surface area contributed by atoms with Gasteiger partial charge in [0.05, 0.1) is 12.5 Å². The number of furan rings is 1. The van der Waals surface area contributed by atoms with Crippen LogP contribution in [0.5, 0.6) is 11.5 Å². The van der Waals surface area contributed by atoms with E-state index in [1.807, 2.05) is 30.3 Å². The van der Waals surface area contributed by atoms with Gasteiger partial charge in [-0.1, -0.05) is 6.07 Å². The lowest BCUT2D eigenvalue weighted by Gasteiger charge is -2.06. The Labute approximate surface area is 142 Å². The Balaban J connectivity index is 1.35. The van der Waals surface area contributed by atoms with E-state index in [2.05, 4.69) is 15.5 Å². The third-order valence-electron chi connectivity index (χ3n) is 4.61. The van der Waals surface area contributed by atoms with Crippen molar-refractivity contribution in [2.24, 2.45) is 5.92 Å². The molecule has 0 bridgehead atoms. The summed E-state index contributed by atoms with van der Waals surface area (Å²) in [5.74, 6) is 2.90. The first-order valence-electron chi connectivity index (χ1n) is 8.07. The standard InChI is InChI=1S/C18H15N3O4/c22-18(12-7-11(12)14-2-1-5-23-14)20-17-13(8-19-21-17)10-3-4-15-16(6-10)25-9-24-15/h1-6,8,11-12H,7,9H2,(H2,19,20,21,22)/t11-,12+/m0/s1. The van der Waals surface area contributed by atoms with Crippen molar-refractivity contribution in [3.63, 3.8) is 0 Å². The van der Waals surface area contributed by atoms with Crippen LogP contribution in [0.3, 0.4) is 0 Å². The lowest BCUT2D eigenvalue weighted by atomic mass is 10.1. The number of nitrogens with one attached hydrogen (secondary N) is 2. The molecule has 3 aromatic rings. The molecule has 2 aromatic heterocycles. The maximum Gasteiger partial charge on any atom is 0.231 e. The van der Waals surface area contributed by atoms with Gasteiger partial charge in [-0.3, -0.25) is 9.89 Å². The second-order valence-corrected chi connectivity index (χ2v) is 6.18. The summed E-state index contributed by atoms with van der Waals surface area (Å²) in [5, 5.41) is 9.86. The zero-order chi connectivity index (χ0) is 16.8. The molecule has 0 radical (unpaired) electrons. The number of H-pyrrole nitrogens is 1. The van der Waals surface area contributed by atoms with Crippen LogP contribution in [0.15, 0.2) is 47.2 Å². The fraction of sp³-hybridized carbons (Fsp3) is 0.222. The molecule has 2 N–H and O–H groups in total. The van der Waals surface area contributed by atoms with Crippen LogP contribution in [0.25, 0.3) is 11.1 Å². The Kier molecular flexibility index (Phi) is 3.06. The van der Waals surface area contributed by atoms with Crippen molar-refractivity contribution in [3.05, 3.63) is 48.6 Å². The van der Waals surface area contributed by atoms with Crippen molar-refractivity contribution in [3.8, 4) is 22.6 Å². The fourth-order valence-electron chi connectivity index (χ4n) is 3.18. The average Bonchev–Trinajstić information content (AvgIpc) is 3.06. The van der Waals surface area contributed by atoms with Crippen molar-refractivity contribution in [2.45, 2.75) is 12.3 Å². The number of hydrogen-bond acceptors (Lipinski definition) is 5. The number of fused-ring (bicyclic) bond motifs is 1. The number of aromatic amines is 1. The smallest absolute Gasteiger partial charge is 0.231 e. The largest absolute Gasteiger partial charge is 0.469 e. The first kappa shape index (κ1) is 14.2. The van der Waals surface area contributed by atoms with E-state index in [-0.39, 0.29) is 24.5 Å². The Morgan fingerprint density at radius 2 is 2.16 bits per heavy atom. The lowest BCUT2D eigenvalue weighted by Crippen LogP contribution is -2.15. The lowest BCUT2D eigenvalue weighted by molar-refractivity contribution is -0.117. The molecule has 126 valence electrons. The molecule has 2 aliphatic rings. The van der Waals surface area contributed by atoms with Gasteiger partial charge in [0, 0.05) is 17.4 Å². The SMILES string of the molecule is O=C(Nc1[nH]ncc1-c1ccc2c(c1)OCO2)[C@@H]1C[C@@H]1c1ccco1. The predicted molar refractivity (Wildman–Crippen MR) is 88.3 cm³/mol. The second kappa shape index (κ2) is 5.41. The molecule has 0 spiro atoms. The highest BCUT2D eigenvalue weighted by Crippen LogP contribution is 2.48. The Morgan fingerprint density at radius 3 is 3.04 bits per heavy atom. The van der Waals surface area contributed by atoms with Crippen LogP contribution in [0.2, 0.25) is 0 Å². The zero-order valence-electron chi connectivity index (χ0n) is 13.2. The molecule has 25 heavy (non-hydrogen) atoms. The van der Waals surface area contributed by atoms with Gasteiger partial charge in [0.2, 0.25) is 12.7 Å². The van der Waals surface area contributed by atoms with Gasteiger partial charge in [-0.15, -0.1) is 0 Å². The van der Waals surface area contributed by atoms with Crippen molar-refractivity contribution in [1.29, 1.82) is 0 Å². The highest BCUT2D eigenvalue weighted by atomic mass is 16.7. The quantitative estimate of drug-likeness (QED) is 0.763. The summed E-state index contributed by atoms with van der Waals surface area (Å²) in [6.45, 7) is 0.226. The molecule has 7 heteroatoms. The minimum atomic E-state index is -0.0703. The van der Waals surface area contributed by atoms with Crippen LogP contribution in [0.1, 0.15) is 18.1 Å². The maximum absolute atomic E-state index is 12.5. The van der Waals surface area contributed by atoms with Gasteiger partial charge < -0.3 is 19.2 Å². The van der Waals surface area contributed by atoms with Crippen molar-refractivity contribution in [1.82, 2.24) is 10.2 Å². The van der Waals surface area contributed by atoms with Crippen LogP contribution in [-0.4, -0.2) is 22.9 Å². The van der Waals surface area contributed by atoms with E-state index < -0.39 is 0 Å². The van der Waals surface area contributed by atoms with Crippen molar-refractivity contribution >= 4 is 11.7 Å². The van der Waals surface area contributed by atoms with Gasteiger partial charge in [-0.05, 0) is 36.2 Å². The Hall–Kier alpha value is -3.22. The number of hydrogen-bond donors (Lipinski definition) is 2. The summed E-state index contributed by atoms with van der Waals surface area (Å²) in [6, 6.07) is 9.40. The molecule has 1 saturated carbocycles. The number of benzene rings is 1. The molecule has 1 aromatic carbocycles. The molecule has 1 aliphatic heterocycles. The van der Waals surface area contributed by atoms with Gasteiger partial charge in [-0.25, -0.2) is 0 Å². The van der Waals surface area contributed by atoms with E-state index in [1.165, 1.54) is 0 Å². The minimum Gasteiger partial charge on any atom is -0.469 e. The Morgan fingerprint density at radius 1 is 1.24 bits per heavy atom. The summed E-state index contributed by atoms with van der Waals surface area (Å²) in [4.78, 5) is 12.5. The molecule has 1 fully saturated rings. The number of amides is 1. The monoisotopic (exact) mass is 337 g/mol. The molecular formula is C18H15N3O4. The molecule has 7 nitrogen and oxygen atoms in total. The van der Waals surface area contributed by atoms with Crippen molar-refractivity contribution < 1.29 is 18.7 Å². The number of rotatable bonds is 4. The van der Waals surface area contributed by atoms with Crippen LogP contribution < -0.4 is 14.8 Å². The van der Waals surface area contributed by atoms with Crippen LogP contribution >= 0.6 is 0 Å². The average molecular weight is 337 g/mol. The van der Waals surface area contributed by atoms with Crippen molar-refractivity contribution in [2.75, 3.05) is 12.1 Å². The maximum atomic E-state index is 12.5. The van der Waals surface area contributed by atoms with Gasteiger partial charge in [0.25, 0.3) is 0 Å². The minimum absolute atomic E-state index is 0.0346. The molecule has 5 rings (SSSR count). The van der Waals surface area contributed by atoms with E-state index in [0.29, 0.717) is 11.6 Å². The van der Waals surface area contributed by atoms with Crippen LogP contribution in [0.4, 0.5) is 5.82 Å². The summed E-state index contributed by atoms with van der Waals surface area (Å²) >= 11 is 0. The number of aromatic nitrogens is 2. The van der Waals surface area contributed by atoms with Crippen LogP contribution in [0, 0.1) is 5.92 Å². The molecule has 3 heterocycles. The summed E-state index contributed by atoms with van der Waals surface area (Å²) in [5.41, 5.74) is 1.70. The normalized spacial score (nSPS) is 20.5. The third kappa shape index (κ3) is 2.44. The number of carbonyl (C=O) groups excluding carboxylic acids is 1. The first-order valence-corrected chi connectivity index (χ1v) is 8.07. The first-order chi connectivity index (χ1) is 12.3. The second-order valence-electron chi connectivity index (χ2n) is 6.18. The predicted octanol–water partition coefficient (Wildman–Crippen LogP) is 3.14. The molecule has 1 amide bonds. The molecular weight excluding hydrogens is 322 g/mol. The van der Waals surface area contributed by atoms with Gasteiger partial charge in [-0.2, -0.15) is 5.10 Å². The van der Waals surface area contributed by atoms with Gasteiger partial charge in [0.15, 0.2) is 11.5 Å². The van der Waals surface area contributed by atoms with Gasteiger partial charge in [0.1, 0.15) is 11.6 Å². The number of carbonyl (C=O) groups is 1. The summed E-state index contributed by atoms with van der Waals surface area (Å²) in [6.07, 6.45) is 4.12. The molecule has 0 saturated heterocycles. The van der Waals surface area contributed by atoms with E-state index in [0.717, 1.165) is 29.1 Å². The van der Waals surface area contributed by atoms with E-state index >= 15 is 0 Å². The van der Waals surface area contributed by atoms with E-state index in [1.54, 1.807) is 12.5 Å². The third-order valence-corrected chi connectivity index (χ3v) is 4.61. The van der Waals surface area contributed by atoms with E-state index in [4.69, 9.17) is 13.9 Å². The van der Waals surface area contributed by atoms with E-state index in [9.17, 15) is 4.79 Å². The highest BCUT2D eigenvalue weighted by Gasteiger charge is 2.46. The molecule has 1 aliphatic carbocycles. The topological polar surface area (TPSA) is 89.4 Å². The van der Waals surface area contributed by atoms with Gasteiger partial charge >= 0.3 is 0 Å². The Bertz CT molecular complexity index is 932. The number of ether oxygens (including phenoxy) is 2. The summed E-state index contributed by atoms with van der Waals surface area (Å²) in [7, 11) is 0. The highest BCUT2D eigenvalue weighted by molar-refractivity contribution is 5.97. The zero-order valence-corrected chi connectivity index (χ0v) is 13.2. The molecule has 0 unspecified atom stereocenters. The number of anilines is 1. The summed E-state index contributed by atoms with van der Waals surface area (Å²) < 4.78 is 16.1. The molecule has 2 atom stereocenters. The number of nitrogens with zero attached hydrogens (tertiary/aromatic N) is 1. The fourth-order valence-corrected chi connectivity index (χ4v) is 3.18.